The highest BCUT2D eigenvalue weighted by molar-refractivity contribution is 5.90. The van der Waals surface area contributed by atoms with Crippen molar-refractivity contribution in [2.75, 3.05) is 31.5 Å². The Hall–Kier alpha value is -3.55. The molecule has 1 amide bonds. The average Bonchev–Trinajstić information content (AvgIpc) is 2.90. The van der Waals surface area contributed by atoms with Crippen molar-refractivity contribution < 1.29 is 23.9 Å². The van der Waals surface area contributed by atoms with Crippen LogP contribution in [0.5, 0.6) is 0 Å². The number of amides is 1. The van der Waals surface area contributed by atoms with Gasteiger partial charge in [-0.25, -0.2) is 9.78 Å². The van der Waals surface area contributed by atoms with Gasteiger partial charge in [0.05, 0.1) is 13.1 Å². The van der Waals surface area contributed by atoms with Crippen molar-refractivity contribution in [3.63, 3.8) is 0 Å². The molecule has 3 saturated heterocycles. The van der Waals surface area contributed by atoms with Crippen LogP contribution in [0, 0.1) is 5.92 Å². The van der Waals surface area contributed by atoms with Gasteiger partial charge in [0, 0.05) is 36.1 Å². The summed E-state index contributed by atoms with van der Waals surface area (Å²) in [6.07, 6.45) is 3.75. The van der Waals surface area contributed by atoms with Crippen molar-refractivity contribution in [1.82, 2.24) is 4.98 Å². The molecule has 3 fully saturated rings. The third-order valence-electron chi connectivity index (χ3n) is 8.20. The summed E-state index contributed by atoms with van der Waals surface area (Å²) in [5.41, 5.74) is 1.19. The number of hydrogen-bond acceptors (Lipinski definition) is 5. The van der Waals surface area contributed by atoms with Gasteiger partial charge in [0.15, 0.2) is 12.6 Å². The summed E-state index contributed by atoms with van der Waals surface area (Å²) in [5, 5.41) is 14.9. The fourth-order valence-corrected chi connectivity index (χ4v) is 6.35. The number of quaternary nitrogens is 1. The number of aromatic nitrogens is 1. The zero-order chi connectivity index (χ0) is 24.8. The first-order chi connectivity index (χ1) is 17.5. The summed E-state index contributed by atoms with van der Waals surface area (Å²) in [4.78, 5) is 30.8. The van der Waals surface area contributed by atoms with Gasteiger partial charge in [-0.1, -0.05) is 54.6 Å². The lowest BCUT2D eigenvalue weighted by atomic mass is 9.74. The Bertz CT molecular complexity index is 1260. The number of pyridine rings is 1. The maximum Gasteiger partial charge on any atom is 0.348 e. The van der Waals surface area contributed by atoms with Crippen LogP contribution in [-0.4, -0.2) is 58.7 Å². The third-order valence-corrected chi connectivity index (χ3v) is 8.20. The Morgan fingerprint density at radius 1 is 0.972 bits per heavy atom. The summed E-state index contributed by atoms with van der Waals surface area (Å²) in [5.74, 6) is 0.0581. The lowest BCUT2D eigenvalue weighted by Crippen LogP contribution is -2.66. The Morgan fingerprint density at radius 3 is 2.25 bits per heavy atom. The van der Waals surface area contributed by atoms with Crippen LogP contribution in [0.2, 0.25) is 0 Å². The maximum absolute atomic E-state index is 13.8. The molecule has 1 atom stereocenters. The molecule has 0 unspecified atom stereocenters. The summed E-state index contributed by atoms with van der Waals surface area (Å²) in [6.45, 7) is 2.65. The number of rotatable bonds is 5. The normalized spacial score (nSPS) is 25.4. The number of nitrogens with one attached hydrogen (secondary N) is 1. The van der Waals surface area contributed by atoms with E-state index in [9.17, 15) is 14.7 Å². The van der Waals surface area contributed by atoms with Crippen LogP contribution in [0.1, 0.15) is 35.1 Å². The lowest BCUT2D eigenvalue weighted by Gasteiger charge is -2.51. The van der Waals surface area contributed by atoms with E-state index in [1.54, 1.807) is 12.3 Å². The first kappa shape index (κ1) is 22.9. The van der Waals surface area contributed by atoms with Crippen LogP contribution in [-0.2, 0) is 26.3 Å². The maximum atomic E-state index is 13.8. The van der Waals surface area contributed by atoms with Crippen LogP contribution in [0.4, 0.5) is 5.82 Å². The zero-order valence-electron chi connectivity index (χ0n) is 20.1. The number of nitrogens with zero attached hydrogens (tertiary/aromatic N) is 2. The van der Waals surface area contributed by atoms with Gasteiger partial charge in [0.25, 0.3) is 5.91 Å². The molecular weight excluding hydrogens is 454 g/mol. The predicted octanol–water partition coefficient (Wildman–Crippen LogP) is 3.01. The zero-order valence-corrected chi connectivity index (χ0v) is 20.1. The van der Waals surface area contributed by atoms with Crippen LogP contribution >= 0.6 is 0 Å². The van der Waals surface area contributed by atoms with E-state index in [2.05, 4.69) is 10.3 Å². The Labute approximate surface area is 210 Å². The van der Waals surface area contributed by atoms with Crippen LogP contribution in [0.25, 0.3) is 0 Å². The van der Waals surface area contributed by atoms with E-state index >= 15 is 0 Å². The molecule has 7 nitrogen and oxygen atoms in total. The highest BCUT2D eigenvalue weighted by atomic mass is 16.6. The Morgan fingerprint density at radius 2 is 1.61 bits per heavy atom. The summed E-state index contributed by atoms with van der Waals surface area (Å²) in [6, 6.07) is 20.5. The predicted molar refractivity (Wildman–Crippen MR) is 134 cm³/mol. The molecule has 4 aliphatic rings. The second kappa shape index (κ2) is 8.84. The molecule has 1 aromatic heterocycles. The number of hydrogen-bond donors (Lipinski definition) is 2. The first-order valence-corrected chi connectivity index (χ1v) is 12.6. The number of piperidine rings is 3. The van der Waals surface area contributed by atoms with Gasteiger partial charge in [-0.05, 0) is 29.7 Å². The van der Waals surface area contributed by atoms with E-state index < -0.39 is 11.6 Å². The number of anilines is 1. The molecule has 3 aliphatic heterocycles. The third kappa shape index (κ3) is 3.88. The minimum Gasteiger partial charge on any atom is -0.453 e. The summed E-state index contributed by atoms with van der Waals surface area (Å²) in [7, 11) is 0. The number of benzene rings is 2. The van der Waals surface area contributed by atoms with Gasteiger partial charge < -0.3 is 19.6 Å². The van der Waals surface area contributed by atoms with Crippen molar-refractivity contribution in [1.29, 1.82) is 0 Å². The molecule has 7 rings (SSSR count). The van der Waals surface area contributed by atoms with E-state index in [-0.39, 0.29) is 17.9 Å². The molecule has 2 N–H and O–H groups in total. The quantitative estimate of drug-likeness (QED) is 0.429. The van der Waals surface area contributed by atoms with Gasteiger partial charge in [0.1, 0.15) is 12.4 Å². The van der Waals surface area contributed by atoms with E-state index in [0.29, 0.717) is 40.9 Å². The van der Waals surface area contributed by atoms with Crippen molar-refractivity contribution >= 4 is 17.7 Å². The van der Waals surface area contributed by atoms with Crippen molar-refractivity contribution in [3.05, 3.63) is 95.2 Å². The lowest BCUT2D eigenvalue weighted by molar-refractivity contribution is -0.939. The van der Waals surface area contributed by atoms with E-state index in [1.807, 2.05) is 60.7 Å². The highest BCUT2D eigenvalue weighted by Crippen LogP contribution is 2.42. The fraction of sp³-hybridized carbons (Fsp3) is 0.345. The molecule has 4 heterocycles. The topological polar surface area (TPSA) is 88.5 Å². The Kier molecular flexibility index (Phi) is 5.62. The molecule has 0 saturated carbocycles. The molecule has 7 heteroatoms. The van der Waals surface area contributed by atoms with Crippen molar-refractivity contribution in [2.24, 2.45) is 5.92 Å². The highest BCUT2D eigenvalue weighted by Gasteiger charge is 2.52. The molecular formula is C29H30N3O4+. The standard InChI is InChI=1S/C29H29N3O4/c33-27(31-26-11-5-6-14-30-26)19-32-15-12-20(13-16-32)25(18-32)36-28(34)29(35)23-9-3-1-7-21(23)17-22-8-2-4-10-24(22)29/h1-11,14,20,25,35H,12-13,15-19H2/p+1/t20?,25-,32?/m0/s1. The molecule has 0 spiro atoms. The smallest absolute Gasteiger partial charge is 0.348 e. The first-order valence-electron chi connectivity index (χ1n) is 12.6. The monoisotopic (exact) mass is 484 g/mol. The van der Waals surface area contributed by atoms with Crippen molar-refractivity contribution in [3.8, 4) is 0 Å². The van der Waals surface area contributed by atoms with E-state index in [4.69, 9.17) is 4.74 Å². The van der Waals surface area contributed by atoms with Gasteiger partial charge in [-0.15, -0.1) is 0 Å². The second-order valence-corrected chi connectivity index (χ2v) is 10.4. The number of carbonyl (C=O) groups excluding carboxylic acids is 2. The second-order valence-electron chi connectivity index (χ2n) is 10.4. The number of carbonyl (C=O) groups is 2. The van der Waals surface area contributed by atoms with Gasteiger partial charge in [-0.2, -0.15) is 0 Å². The summed E-state index contributed by atoms with van der Waals surface area (Å²) < 4.78 is 6.74. The van der Waals surface area contributed by atoms with Gasteiger partial charge >= 0.3 is 5.97 Å². The van der Waals surface area contributed by atoms with Gasteiger partial charge in [0.2, 0.25) is 5.60 Å². The van der Waals surface area contributed by atoms with Crippen molar-refractivity contribution in [2.45, 2.75) is 31.0 Å². The molecule has 1 aliphatic carbocycles. The largest absolute Gasteiger partial charge is 0.453 e. The number of ether oxygens (including phenoxy) is 1. The number of aliphatic hydroxyl groups is 1. The molecule has 2 bridgehead atoms. The number of fused-ring (bicyclic) bond motifs is 5. The van der Waals surface area contributed by atoms with Crippen LogP contribution in [0.15, 0.2) is 72.9 Å². The molecule has 0 radical (unpaired) electrons. The number of esters is 1. The SMILES string of the molecule is O=C(C[N+]12CCC(CC1)[C@@H](OC(=O)C1(O)c3ccccc3Cc3ccccc31)C2)Nc1ccccn1. The average molecular weight is 485 g/mol. The molecule has 3 aromatic rings. The fourth-order valence-electron chi connectivity index (χ4n) is 6.35. The van der Waals surface area contributed by atoms with Crippen LogP contribution in [0.3, 0.4) is 0 Å². The molecule has 36 heavy (non-hydrogen) atoms. The Balaban J connectivity index is 1.23. The van der Waals surface area contributed by atoms with E-state index in [1.165, 1.54) is 0 Å². The van der Waals surface area contributed by atoms with Crippen LogP contribution < -0.4 is 5.32 Å². The molecule has 2 aromatic carbocycles. The molecule has 184 valence electrons. The van der Waals surface area contributed by atoms with Gasteiger partial charge in [-0.3, -0.25) is 4.79 Å². The minimum atomic E-state index is -1.85. The summed E-state index contributed by atoms with van der Waals surface area (Å²) >= 11 is 0. The van der Waals surface area contributed by atoms with E-state index in [0.717, 1.165) is 37.1 Å². The minimum absolute atomic E-state index is 0.0899.